The fourth-order valence-corrected chi connectivity index (χ4v) is 2.54. The Morgan fingerprint density at radius 1 is 1.14 bits per heavy atom. The predicted octanol–water partition coefficient (Wildman–Crippen LogP) is 3.46. The highest BCUT2D eigenvalue weighted by atomic mass is 19.4. The number of nitrogens with one attached hydrogen (secondary N) is 1. The van der Waals surface area contributed by atoms with Gasteiger partial charge in [-0.1, -0.05) is 6.07 Å². The lowest BCUT2D eigenvalue weighted by Crippen LogP contribution is -2.31. The maximum Gasteiger partial charge on any atom is 0.430 e. The average Bonchev–Trinajstić information content (AvgIpc) is 2.72. The van der Waals surface area contributed by atoms with E-state index in [4.69, 9.17) is 5.73 Å². The number of benzene rings is 1. The number of fused-ring (bicyclic) bond motifs is 1. The molecule has 0 aliphatic rings. The van der Waals surface area contributed by atoms with Crippen molar-refractivity contribution in [1.82, 2.24) is 15.3 Å². The van der Waals surface area contributed by atoms with Crippen LogP contribution >= 0.6 is 0 Å². The molecule has 0 atom stereocenters. The largest absolute Gasteiger partial charge is 0.430 e. The molecule has 29 heavy (non-hydrogen) atoms. The van der Waals surface area contributed by atoms with Gasteiger partial charge in [-0.2, -0.15) is 13.2 Å². The van der Waals surface area contributed by atoms with E-state index < -0.39 is 17.8 Å². The van der Waals surface area contributed by atoms with Crippen LogP contribution in [0.15, 0.2) is 71.8 Å². The summed E-state index contributed by atoms with van der Waals surface area (Å²) in [6.07, 6.45) is 0.892. The van der Waals surface area contributed by atoms with Crippen LogP contribution in [0.25, 0.3) is 22.0 Å². The lowest BCUT2D eigenvalue weighted by Gasteiger charge is -2.09. The first-order valence-electron chi connectivity index (χ1n) is 8.40. The third-order valence-corrected chi connectivity index (χ3v) is 4.06. The van der Waals surface area contributed by atoms with Gasteiger partial charge in [0.1, 0.15) is 11.5 Å². The lowest BCUT2D eigenvalue weighted by atomic mass is 10.1. The molecule has 0 saturated heterocycles. The Kier molecular flexibility index (Phi) is 5.58. The molecule has 0 radical (unpaired) electrons. The van der Waals surface area contributed by atoms with E-state index in [9.17, 15) is 18.0 Å². The summed E-state index contributed by atoms with van der Waals surface area (Å²) in [7, 11) is 1.25. The monoisotopic (exact) mass is 399 g/mol. The summed E-state index contributed by atoms with van der Waals surface area (Å²) in [6.45, 7) is 0. The van der Waals surface area contributed by atoms with Crippen LogP contribution in [-0.2, 0) is 0 Å². The highest BCUT2D eigenvalue weighted by Gasteiger charge is 2.31. The zero-order chi connectivity index (χ0) is 21.0. The first kappa shape index (κ1) is 20.0. The van der Waals surface area contributed by atoms with Crippen LogP contribution < -0.4 is 11.1 Å². The number of nitrogens with two attached hydrogens (primary N) is 1. The molecule has 0 unspecified atom stereocenters. The third-order valence-electron chi connectivity index (χ3n) is 4.06. The van der Waals surface area contributed by atoms with Gasteiger partial charge >= 0.3 is 6.18 Å². The normalized spacial score (nSPS) is 12.8. The van der Waals surface area contributed by atoms with E-state index in [1.807, 2.05) is 18.2 Å². The zero-order valence-electron chi connectivity index (χ0n) is 15.2. The molecule has 0 saturated carbocycles. The second kappa shape index (κ2) is 8.09. The predicted molar refractivity (Wildman–Crippen MR) is 104 cm³/mol. The Morgan fingerprint density at radius 3 is 2.52 bits per heavy atom. The van der Waals surface area contributed by atoms with Gasteiger partial charge < -0.3 is 11.1 Å². The molecule has 3 rings (SSSR count). The van der Waals surface area contributed by atoms with E-state index in [0.29, 0.717) is 11.6 Å². The van der Waals surface area contributed by atoms with Crippen LogP contribution in [0.4, 0.5) is 13.2 Å². The molecule has 0 spiro atoms. The molecule has 1 aromatic carbocycles. The molecule has 3 N–H and O–H groups in total. The summed E-state index contributed by atoms with van der Waals surface area (Å²) in [5, 5.41) is 3.11. The number of hydrogen-bond acceptors (Lipinski definition) is 5. The van der Waals surface area contributed by atoms with Crippen molar-refractivity contribution in [2.75, 3.05) is 7.05 Å². The molecule has 3 aromatic rings. The Bertz CT molecular complexity index is 1110. The molecule has 0 aliphatic heterocycles. The number of carbonyl (C=O) groups is 1. The van der Waals surface area contributed by atoms with Crippen LogP contribution in [-0.4, -0.2) is 34.9 Å². The summed E-state index contributed by atoms with van der Waals surface area (Å²) in [5.41, 5.74) is 6.25. The molecule has 148 valence electrons. The number of hydrogen-bond donors (Lipinski definition) is 2. The van der Waals surface area contributed by atoms with Crippen molar-refractivity contribution < 1.29 is 18.0 Å². The molecule has 0 fully saturated rings. The minimum absolute atomic E-state index is 0.224. The Labute approximate surface area is 164 Å². The van der Waals surface area contributed by atoms with E-state index in [0.717, 1.165) is 16.5 Å². The van der Waals surface area contributed by atoms with Gasteiger partial charge in [0, 0.05) is 48.2 Å². The van der Waals surface area contributed by atoms with Crippen LogP contribution in [0.2, 0.25) is 0 Å². The number of alkyl halides is 3. The second-order valence-corrected chi connectivity index (χ2v) is 6.03. The topological polar surface area (TPSA) is 93.3 Å². The van der Waals surface area contributed by atoms with Gasteiger partial charge in [-0.15, -0.1) is 0 Å². The number of allylic oxidation sites excluding steroid dienone is 1. The van der Waals surface area contributed by atoms with E-state index in [1.54, 1.807) is 36.8 Å². The SMILES string of the molecule is CN=C(C=C(N)C(F)(F)F)NC(=O)c1ccc2cc(-c3ccncc3)cnc2c1. The van der Waals surface area contributed by atoms with Gasteiger partial charge in [0.2, 0.25) is 0 Å². The number of carbonyl (C=O) groups excluding carboxylic acids is 1. The van der Waals surface area contributed by atoms with E-state index in [1.165, 1.54) is 7.05 Å². The van der Waals surface area contributed by atoms with Crippen LogP contribution in [0.1, 0.15) is 10.4 Å². The van der Waals surface area contributed by atoms with Crippen molar-refractivity contribution in [1.29, 1.82) is 0 Å². The van der Waals surface area contributed by atoms with Gasteiger partial charge in [-0.3, -0.25) is 19.8 Å². The summed E-state index contributed by atoms with van der Waals surface area (Å²) < 4.78 is 37.7. The summed E-state index contributed by atoms with van der Waals surface area (Å²) in [6, 6.07) is 10.5. The minimum Gasteiger partial charge on any atom is -0.395 e. The first-order chi connectivity index (χ1) is 13.8. The fraction of sp³-hybridized carbons (Fsp3) is 0.100. The second-order valence-electron chi connectivity index (χ2n) is 6.03. The van der Waals surface area contributed by atoms with Crippen molar-refractivity contribution >= 4 is 22.6 Å². The number of aromatic nitrogens is 2. The lowest BCUT2D eigenvalue weighted by molar-refractivity contribution is -0.0925. The third kappa shape index (κ3) is 4.75. The molecule has 2 heterocycles. The van der Waals surface area contributed by atoms with E-state index in [-0.39, 0.29) is 11.4 Å². The van der Waals surface area contributed by atoms with E-state index in [2.05, 4.69) is 20.3 Å². The highest BCUT2D eigenvalue weighted by molar-refractivity contribution is 6.11. The first-order valence-corrected chi connectivity index (χ1v) is 8.40. The minimum atomic E-state index is -4.71. The van der Waals surface area contributed by atoms with Crippen LogP contribution in [0.3, 0.4) is 0 Å². The maximum absolute atomic E-state index is 12.6. The summed E-state index contributed by atoms with van der Waals surface area (Å²) in [4.78, 5) is 24.4. The standard InChI is InChI=1S/C20H16F3N5O/c1-25-18(10-17(24)20(21,22)23)28-19(29)14-3-2-13-8-15(11-27-16(13)9-14)12-4-6-26-7-5-12/h2-11H,24H2,1H3,(H,25,28,29). The van der Waals surface area contributed by atoms with Gasteiger partial charge in [-0.25, -0.2) is 0 Å². The average molecular weight is 399 g/mol. The fourth-order valence-electron chi connectivity index (χ4n) is 2.54. The van der Waals surface area contributed by atoms with Gasteiger partial charge in [-0.05, 0) is 35.9 Å². The molecule has 6 nitrogen and oxygen atoms in total. The smallest absolute Gasteiger partial charge is 0.395 e. The van der Waals surface area contributed by atoms with Crippen molar-refractivity contribution in [3.63, 3.8) is 0 Å². The highest BCUT2D eigenvalue weighted by Crippen LogP contribution is 2.23. The van der Waals surface area contributed by atoms with Crippen molar-refractivity contribution in [2.45, 2.75) is 6.18 Å². The molecule has 9 heteroatoms. The molecular formula is C20H16F3N5O. The van der Waals surface area contributed by atoms with Gasteiger partial charge in [0.25, 0.3) is 5.91 Å². The molecule has 0 bridgehead atoms. The molecular weight excluding hydrogens is 383 g/mol. The number of nitrogens with zero attached hydrogens (tertiary/aromatic N) is 3. The summed E-state index contributed by atoms with van der Waals surface area (Å²) >= 11 is 0. The molecule has 2 aromatic heterocycles. The number of pyridine rings is 2. The quantitative estimate of drug-likeness (QED) is 0.521. The van der Waals surface area contributed by atoms with Crippen molar-refractivity contribution in [3.8, 4) is 11.1 Å². The van der Waals surface area contributed by atoms with Crippen LogP contribution in [0, 0.1) is 0 Å². The number of halogens is 3. The van der Waals surface area contributed by atoms with E-state index >= 15 is 0 Å². The molecule has 1 amide bonds. The number of rotatable bonds is 3. The summed E-state index contributed by atoms with van der Waals surface area (Å²) in [5.74, 6) is -0.926. The van der Waals surface area contributed by atoms with Gasteiger partial charge in [0.15, 0.2) is 0 Å². The van der Waals surface area contributed by atoms with Crippen molar-refractivity contribution in [2.24, 2.45) is 10.7 Å². The van der Waals surface area contributed by atoms with Gasteiger partial charge in [0.05, 0.1) is 5.52 Å². The molecule has 0 aliphatic carbocycles. The Hall–Kier alpha value is -3.75. The Balaban J connectivity index is 1.83. The number of amidine groups is 1. The number of amides is 1. The Morgan fingerprint density at radius 2 is 1.86 bits per heavy atom. The number of aliphatic imine (C=N–C) groups is 1. The van der Waals surface area contributed by atoms with Crippen molar-refractivity contribution in [3.05, 3.63) is 72.3 Å². The maximum atomic E-state index is 12.6. The van der Waals surface area contributed by atoms with Crippen LogP contribution in [0.5, 0.6) is 0 Å². The zero-order valence-corrected chi connectivity index (χ0v) is 15.2.